The Balaban J connectivity index is 1.81. The number of hydrogen-bond acceptors (Lipinski definition) is 4. The van der Waals surface area contributed by atoms with Crippen molar-refractivity contribution in [2.24, 2.45) is 0 Å². The summed E-state index contributed by atoms with van der Waals surface area (Å²) in [5, 5.41) is 0. The van der Waals surface area contributed by atoms with E-state index >= 15 is 0 Å². The molecule has 3 aromatic rings. The zero-order valence-electron chi connectivity index (χ0n) is 18.9. The summed E-state index contributed by atoms with van der Waals surface area (Å²) in [6, 6.07) is 10.7. The van der Waals surface area contributed by atoms with Crippen LogP contribution in [0.3, 0.4) is 0 Å². The number of benzene rings is 2. The van der Waals surface area contributed by atoms with Crippen LogP contribution in [-0.4, -0.2) is 33.2 Å². The SMILES string of the molecule is COc1c(C=Cc2ccc(NS(C)(=O)=O)cc2)cc(-c2cc(F)c[nH]c2=O)cc1C1(C(F)F)CC1. The van der Waals surface area contributed by atoms with E-state index in [9.17, 15) is 26.4 Å². The second kappa shape index (κ2) is 9.26. The van der Waals surface area contributed by atoms with Crippen LogP contribution in [0.1, 0.15) is 29.5 Å². The van der Waals surface area contributed by atoms with Crippen molar-refractivity contribution in [3.63, 3.8) is 0 Å². The number of sulfonamides is 1. The van der Waals surface area contributed by atoms with E-state index in [2.05, 4.69) is 9.71 Å². The summed E-state index contributed by atoms with van der Waals surface area (Å²) in [6.07, 6.45) is 3.23. The largest absolute Gasteiger partial charge is 0.496 e. The lowest BCUT2D eigenvalue weighted by molar-refractivity contribution is 0.100. The fourth-order valence-electron chi connectivity index (χ4n) is 4.00. The molecule has 35 heavy (non-hydrogen) atoms. The van der Waals surface area contributed by atoms with E-state index in [0.717, 1.165) is 18.5 Å². The van der Waals surface area contributed by atoms with Crippen molar-refractivity contribution in [2.75, 3.05) is 18.1 Å². The number of H-pyrrole nitrogens is 1. The highest BCUT2D eigenvalue weighted by atomic mass is 32.2. The second-order valence-electron chi connectivity index (χ2n) is 8.49. The van der Waals surface area contributed by atoms with Gasteiger partial charge >= 0.3 is 0 Å². The smallest absolute Gasteiger partial charge is 0.256 e. The first-order chi connectivity index (χ1) is 16.5. The van der Waals surface area contributed by atoms with Gasteiger partial charge in [0.25, 0.3) is 5.56 Å². The van der Waals surface area contributed by atoms with E-state index < -0.39 is 33.2 Å². The molecule has 1 aromatic heterocycles. The van der Waals surface area contributed by atoms with Crippen LogP contribution in [0.5, 0.6) is 5.75 Å². The number of anilines is 1. The highest BCUT2D eigenvalue weighted by Gasteiger charge is 2.54. The number of aromatic nitrogens is 1. The molecule has 6 nitrogen and oxygen atoms in total. The van der Waals surface area contributed by atoms with Gasteiger partial charge in [-0.2, -0.15) is 0 Å². The summed E-state index contributed by atoms with van der Waals surface area (Å²) in [6.45, 7) is 0. The number of halogens is 3. The van der Waals surface area contributed by atoms with Gasteiger partial charge in [0.2, 0.25) is 16.4 Å². The summed E-state index contributed by atoms with van der Waals surface area (Å²) < 4.78 is 72.7. The molecule has 1 fully saturated rings. The van der Waals surface area contributed by atoms with Crippen molar-refractivity contribution in [2.45, 2.75) is 24.7 Å². The Bertz CT molecular complexity index is 1440. The highest BCUT2D eigenvalue weighted by molar-refractivity contribution is 7.92. The summed E-state index contributed by atoms with van der Waals surface area (Å²) >= 11 is 0. The molecule has 184 valence electrons. The maximum atomic E-state index is 14.0. The topological polar surface area (TPSA) is 88.3 Å². The van der Waals surface area contributed by atoms with E-state index in [-0.39, 0.29) is 29.7 Å². The predicted octanol–water partition coefficient (Wildman–Crippen LogP) is 5.03. The lowest BCUT2D eigenvalue weighted by Crippen LogP contribution is -2.19. The van der Waals surface area contributed by atoms with Crippen molar-refractivity contribution in [3.8, 4) is 16.9 Å². The van der Waals surface area contributed by atoms with Gasteiger partial charge in [0.15, 0.2) is 0 Å². The summed E-state index contributed by atoms with van der Waals surface area (Å²) in [5.41, 5.74) is 0.181. The van der Waals surface area contributed by atoms with Crippen LogP contribution in [0.2, 0.25) is 0 Å². The molecule has 1 aliphatic rings. The molecule has 4 rings (SSSR count). The first kappa shape index (κ1) is 24.6. The minimum Gasteiger partial charge on any atom is -0.496 e. The third kappa shape index (κ3) is 5.27. The number of nitrogens with one attached hydrogen (secondary N) is 2. The molecule has 0 aliphatic heterocycles. The first-order valence-electron chi connectivity index (χ1n) is 10.7. The number of aromatic amines is 1. The first-order valence-corrected chi connectivity index (χ1v) is 12.6. The lowest BCUT2D eigenvalue weighted by atomic mass is 9.89. The molecule has 0 bridgehead atoms. The molecular formula is C25H23F3N2O4S. The van der Waals surface area contributed by atoms with Crippen LogP contribution in [0.4, 0.5) is 18.9 Å². The minimum absolute atomic E-state index is 0.0184. The molecule has 0 atom stereocenters. The Labute approximate surface area is 200 Å². The van der Waals surface area contributed by atoms with Crippen LogP contribution in [0, 0.1) is 5.82 Å². The summed E-state index contributed by atoms with van der Waals surface area (Å²) in [5.74, 6) is -0.405. The quantitative estimate of drug-likeness (QED) is 0.422. The van der Waals surface area contributed by atoms with Crippen molar-refractivity contribution in [3.05, 3.63) is 81.5 Å². The van der Waals surface area contributed by atoms with Gasteiger partial charge in [0.05, 0.1) is 18.8 Å². The fourth-order valence-corrected chi connectivity index (χ4v) is 4.57. The maximum Gasteiger partial charge on any atom is 0.256 e. The van der Waals surface area contributed by atoms with Crippen LogP contribution in [0.25, 0.3) is 23.3 Å². The molecule has 10 heteroatoms. The van der Waals surface area contributed by atoms with Crippen molar-refractivity contribution < 1.29 is 26.3 Å². The Hall–Kier alpha value is -3.53. The van der Waals surface area contributed by atoms with E-state index in [1.807, 2.05) is 0 Å². The minimum atomic E-state index is -3.41. The van der Waals surface area contributed by atoms with Gasteiger partial charge in [-0.05, 0) is 54.3 Å². The standard InChI is InChI=1S/C25H23F3N2O4S/c1-34-22-16(6-3-15-4-7-19(8-5-15)30-35(2,32)33)11-17(20-13-18(26)14-29-23(20)31)12-21(22)25(9-10-25)24(27)28/h3-8,11-14,24,30H,9-10H2,1-2H3,(H,29,31). The van der Waals surface area contributed by atoms with Crippen LogP contribution in [-0.2, 0) is 15.4 Å². The van der Waals surface area contributed by atoms with E-state index in [0.29, 0.717) is 22.4 Å². The number of rotatable bonds is 8. The van der Waals surface area contributed by atoms with E-state index in [4.69, 9.17) is 4.74 Å². The molecular weight excluding hydrogens is 481 g/mol. The molecule has 0 saturated heterocycles. The van der Waals surface area contributed by atoms with Crippen molar-refractivity contribution in [1.82, 2.24) is 4.98 Å². The number of methoxy groups -OCH3 is 1. The number of ether oxygens (including phenoxy) is 1. The number of alkyl halides is 2. The highest BCUT2D eigenvalue weighted by Crippen LogP contribution is 2.56. The molecule has 0 amide bonds. The number of hydrogen-bond donors (Lipinski definition) is 2. The molecule has 2 aromatic carbocycles. The Morgan fingerprint density at radius 3 is 2.37 bits per heavy atom. The van der Waals surface area contributed by atoms with E-state index in [1.54, 1.807) is 42.5 Å². The van der Waals surface area contributed by atoms with Gasteiger partial charge in [-0.1, -0.05) is 24.3 Å². The molecule has 1 heterocycles. The van der Waals surface area contributed by atoms with Gasteiger partial charge in [-0.3, -0.25) is 9.52 Å². The average molecular weight is 505 g/mol. The molecule has 1 aliphatic carbocycles. The van der Waals surface area contributed by atoms with E-state index in [1.165, 1.54) is 13.2 Å². The third-order valence-electron chi connectivity index (χ3n) is 5.91. The van der Waals surface area contributed by atoms with Gasteiger partial charge < -0.3 is 9.72 Å². The molecule has 0 unspecified atom stereocenters. The van der Waals surface area contributed by atoms with Crippen LogP contribution >= 0.6 is 0 Å². The zero-order valence-corrected chi connectivity index (χ0v) is 19.8. The van der Waals surface area contributed by atoms with Crippen LogP contribution in [0.15, 0.2) is 53.5 Å². The lowest BCUT2D eigenvalue weighted by Gasteiger charge is -2.21. The van der Waals surface area contributed by atoms with Gasteiger partial charge in [-0.15, -0.1) is 0 Å². The Morgan fingerprint density at radius 1 is 1.11 bits per heavy atom. The molecule has 0 radical (unpaired) electrons. The monoisotopic (exact) mass is 504 g/mol. The maximum absolute atomic E-state index is 14.0. The van der Waals surface area contributed by atoms with Gasteiger partial charge in [0.1, 0.15) is 11.6 Å². The summed E-state index contributed by atoms with van der Waals surface area (Å²) in [4.78, 5) is 14.7. The van der Waals surface area contributed by atoms with Gasteiger partial charge in [-0.25, -0.2) is 21.6 Å². The third-order valence-corrected chi connectivity index (χ3v) is 6.52. The van der Waals surface area contributed by atoms with Crippen molar-refractivity contribution >= 4 is 27.9 Å². The summed E-state index contributed by atoms with van der Waals surface area (Å²) in [7, 11) is -2.03. The normalized spacial score (nSPS) is 14.9. The predicted molar refractivity (Wildman–Crippen MR) is 130 cm³/mol. The Kier molecular flexibility index (Phi) is 6.50. The molecule has 0 spiro atoms. The molecule has 1 saturated carbocycles. The molecule has 2 N–H and O–H groups in total. The fraction of sp³-hybridized carbons (Fsp3) is 0.240. The Morgan fingerprint density at radius 2 is 1.80 bits per heavy atom. The van der Waals surface area contributed by atoms with Crippen molar-refractivity contribution in [1.29, 1.82) is 0 Å². The second-order valence-corrected chi connectivity index (χ2v) is 10.2. The van der Waals surface area contributed by atoms with Gasteiger partial charge in [0, 0.05) is 28.6 Å². The van der Waals surface area contributed by atoms with Crippen LogP contribution < -0.4 is 15.0 Å². The number of pyridine rings is 1. The average Bonchev–Trinajstić information content (AvgIpc) is 3.61. The zero-order chi connectivity index (χ0) is 25.4.